The third kappa shape index (κ3) is 4.02. The number of carbonyl (C=O) groups excluding carboxylic acids is 2. The lowest BCUT2D eigenvalue weighted by molar-refractivity contribution is -0.140. The number of amides is 1. The van der Waals surface area contributed by atoms with Gasteiger partial charge in [0, 0.05) is 4.90 Å². The molecule has 0 N–H and O–H groups in total. The first kappa shape index (κ1) is 19.0. The average molecular weight is 361 g/mol. The number of nitrogens with zero attached hydrogens (tertiary/aromatic N) is 1. The number of ether oxygens (including phenoxy) is 1. The fourth-order valence-electron chi connectivity index (χ4n) is 2.68. The maximum atomic E-state index is 13.7. The molecule has 0 aromatic heterocycles. The van der Waals surface area contributed by atoms with Gasteiger partial charge in [0.15, 0.2) is 0 Å². The highest BCUT2D eigenvalue weighted by atomic mass is 32.2. The second-order valence-corrected chi connectivity index (χ2v) is 7.32. The van der Waals surface area contributed by atoms with Crippen LogP contribution in [0.5, 0.6) is 0 Å². The summed E-state index contributed by atoms with van der Waals surface area (Å²) in [6.07, 6.45) is 5.43. The molecule has 4 nitrogen and oxygen atoms in total. The summed E-state index contributed by atoms with van der Waals surface area (Å²) in [5.74, 6) is -1.17. The van der Waals surface area contributed by atoms with Crippen molar-refractivity contribution in [1.29, 1.82) is 0 Å². The largest absolute Gasteiger partial charge is 0.468 e. The van der Waals surface area contributed by atoms with Crippen LogP contribution in [0.4, 0.5) is 10.1 Å². The van der Waals surface area contributed by atoms with Crippen molar-refractivity contribution < 1.29 is 18.7 Å². The highest BCUT2D eigenvalue weighted by molar-refractivity contribution is 8.01. The fraction of sp³-hybridized carbons (Fsp3) is 0.263. The molecular formula is C19H20FNO3S. The van der Waals surface area contributed by atoms with Crippen molar-refractivity contribution in [2.24, 2.45) is 0 Å². The number of thioether (sulfide) groups is 1. The summed E-state index contributed by atoms with van der Waals surface area (Å²) in [5.41, 5.74) is 1.34. The molecule has 6 heteroatoms. The summed E-state index contributed by atoms with van der Waals surface area (Å²) in [6.45, 7) is 8.97. The Morgan fingerprint density at radius 1 is 1.44 bits per heavy atom. The molecule has 132 valence electrons. The summed E-state index contributed by atoms with van der Waals surface area (Å²) in [4.78, 5) is 26.8. The Balaban J connectivity index is 2.49. The van der Waals surface area contributed by atoms with Crippen molar-refractivity contribution in [3.8, 4) is 0 Å². The zero-order valence-corrected chi connectivity index (χ0v) is 15.1. The van der Waals surface area contributed by atoms with Gasteiger partial charge in [0.25, 0.3) is 0 Å². The van der Waals surface area contributed by atoms with Crippen molar-refractivity contribution in [2.45, 2.75) is 23.0 Å². The van der Waals surface area contributed by atoms with Crippen molar-refractivity contribution in [3.05, 3.63) is 61.0 Å². The molecule has 2 rings (SSSR count). The quantitative estimate of drug-likeness (QED) is 0.570. The molecular weight excluding hydrogens is 341 g/mol. The minimum atomic E-state index is -0.905. The molecule has 0 aliphatic carbocycles. The van der Waals surface area contributed by atoms with Gasteiger partial charge in [-0.1, -0.05) is 31.4 Å². The SMILES string of the molecule is C=C/C=C(\C=C)CC1(C)Sc2cc(F)ccc2N(CC(=O)OC)C1=O. The standard InChI is InChI=1S/C19H20FNO3S/c1-5-7-13(6-2)11-19(3)18(23)21(12-17(22)24-4)15-9-8-14(20)10-16(15)25-19/h5-10H,1-2,11-12H2,3-4H3/b13-7+. The number of fused-ring (bicyclic) bond motifs is 1. The Morgan fingerprint density at radius 3 is 2.76 bits per heavy atom. The number of carbonyl (C=O) groups is 2. The average Bonchev–Trinajstić information content (AvgIpc) is 2.58. The molecule has 1 aromatic rings. The number of benzene rings is 1. The number of hydrogen-bond acceptors (Lipinski definition) is 4. The van der Waals surface area contributed by atoms with Gasteiger partial charge < -0.3 is 4.74 Å². The Morgan fingerprint density at radius 2 is 2.16 bits per heavy atom. The maximum absolute atomic E-state index is 13.7. The second kappa shape index (κ2) is 7.70. The van der Waals surface area contributed by atoms with Crippen LogP contribution in [-0.2, 0) is 14.3 Å². The van der Waals surface area contributed by atoms with E-state index in [1.807, 2.05) is 0 Å². The molecule has 25 heavy (non-hydrogen) atoms. The van der Waals surface area contributed by atoms with Crippen molar-refractivity contribution >= 4 is 29.3 Å². The number of halogens is 1. The first-order valence-corrected chi connectivity index (χ1v) is 8.47. The van der Waals surface area contributed by atoms with Crippen LogP contribution in [0.15, 0.2) is 60.1 Å². The lowest BCUT2D eigenvalue weighted by Gasteiger charge is -2.39. The smallest absolute Gasteiger partial charge is 0.325 e. The number of allylic oxidation sites excluding steroid dienone is 4. The molecule has 0 saturated heterocycles. The van der Waals surface area contributed by atoms with Crippen LogP contribution in [-0.4, -0.2) is 30.3 Å². The highest BCUT2D eigenvalue weighted by Crippen LogP contribution is 2.48. The lowest BCUT2D eigenvalue weighted by Crippen LogP contribution is -2.50. The third-order valence-electron chi connectivity index (χ3n) is 3.90. The predicted octanol–water partition coefficient (Wildman–Crippen LogP) is 3.88. The Hall–Kier alpha value is -2.34. The van der Waals surface area contributed by atoms with E-state index in [4.69, 9.17) is 4.74 Å². The molecule has 0 fully saturated rings. The zero-order chi connectivity index (χ0) is 18.6. The first-order chi connectivity index (χ1) is 11.8. The molecule has 1 aliphatic heterocycles. The van der Waals surface area contributed by atoms with E-state index in [0.29, 0.717) is 17.0 Å². The van der Waals surface area contributed by atoms with Gasteiger partial charge in [-0.05, 0) is 37.1 Å². The van der Waals surface area contributed by atoms with Gasteiger partial charge in [-0.3, -0.25) is 14.5 Å². The summed E-state index contributed by atoms with van der Waals surface area (Å²) in [6, 6.07) is 4.15. The molecule has 1 amide bonds. The monoisotopic (exact) mass is 361 g/mol. The van der Waals surface area contributed by atoms with Crippen LogP contribution in [0.1, 0.15) is 13.3 Å². The Kier molecular flexibility index (Phi) is 5.85. The van der Waals surface area contributed by atoms with Gasteiger partial charge in [0.1, 0.15) is 17.1 Å². The first-order valence-electron chi connectivity index (χ1n) is 7.66. The molecule has 0 bridgehead atoms. The van der Waals surface area contributed by atoms with Gasteiger partial charge in [-0.2, -0.15) is 0 Å². The molecule has 0 radical (unpaired) electrons. The van der Waals surface area contributed by atoms with Crippen LogP contribution in [0, 0.1) is 5.82 Å². The third-order valence-corrected chi connectivity index (χ3v) is 5.21. The normalized spacial score (nSPS) is 20.0. The number of anilines is 1. The van der Waals surface area contributed by atoms with E-state index in [1.165, 1.54) is 42.0 Å². The van der Waals surface area contributed by atoms with Crippen molar-refractivity contribution in [3.63, 3.8) is 0 Å². The van der Waals surface area contributed by atoms with Crippen molar-refractivity contribution in [1.82, 2.24) is 0 Å². The predicted molar refractivity (Wildman–Crippen MR) is 98.1 cm³/mol. The maximum Gasteiger partial charge on any atom is 0.325 e. The van der Waals surface area contributed by atoms with Gasteiger partial charge >= 0.3 is 5.97 Å². The summed E-state index contributed by atoms with van der Waals surface area (Å²) >= 11 is 1.28. The molecule has 1 aliphatic rings. The number of esters is 1. The summed E-state index contributed by atoms with van der Waals surface area (Å²) in [5, 5.41) is 0. The van der Waals surface area contributed by atoms with Crippen LogP contribution in [0.2, 0.25) is 0 Å². The molecule has 1 atom stereocenters. The topological polar surface area (TPSA) is 46.6 Å². The summed E-state index contributed by atoms with van der Waals surface area (Å²) in [7, 11) is 1.26. The fourth-order valence-corrected chi connectivity index (χ4v) is 4.05. The minimum Gasteiger partial charge on any atom is -0.468 e. The van der Waals surface area contributed by atoms with Crippen LogP contribution in [0.3, 0.4) is 0 Å². The van der Waals surface area contributed by atoms with E-state index in [-0.39, 0.29) is 12.5 Å². The van der Waals surface area contributed by atoms with Crippen LogP contribution >= 0.6 is 11.8 Å². The van der Waals surface area contributed by atoms with E-state index >= 15 is 0 Å². The lowest BCUT2D eigenvalue weighted by atomic mass is 9.97. The van der Waals surface area contributed by atoms with Gasteiger partial charge in [0.2, 0.25) is 5.91 Å². The van der Waals surface area contributed by atoms with E-state index in [0.717, 1.165) is 5.57 Å². The number of rotatable bonds is 6. The molecule has 0 spiro atoms. The summed E-state index contributed by atoms with van der Waals surface area (Å²) < 4.78 is 17.5. The molecule has 1 unspecified atom stereocenters. The van der Waals surface area contributed by atoms with Gasteiger partial charge in [-0.15, -0.1) is 11.8 Å². The molecule has 0 saturated carbocycles. The van der Waals surface area contributed by atoms with Crippen molar-refractivity contribution in [2.75, 3.05) is 18.6 Å². The van der Waals surface area contributed by atoms with E-state index in [9.17, 15) is 14.0 Å². The number of hydrogen-bond donors (Lipinski definition) is 0. The van der Waals surface area contributed by atoms with E-state index in [2.05, 4.69) is 13.2 Å². The van der Waals surface area contributed by atoms with Crippen LogP contribution < -0.4 is 4.90 Å². The van der Waals surface area contributed by atoms with E-state index in [1.54, 1.807) is 25.2 Å². The van der Waals surface area contributed by atoms with Gasteiger partial charge in [0.05, 0.1) is 12.8 Å². The van der Waals surface area contributed by atoms with Gasteiger partial charge in [-0.25, -0.2) is 4.39 Å². The molecule has 1 aromatic carbocycles. The minimum absolute atomic E-state index is 0.224. The number of methoxy groups -OCH3 is 1. The Bertz CT molecular complexity index is 759. The highest BCUT2D eigenvalue weighted by Gasteiger charge is 2.44. The zero-order valence-electron chi connectivity index (χ0n) is 14.3. The molecule has 1 heterocycles. The Labute approximate surface area is 151 Å². The second-order valence-electron chi connectivity index (χ2n) is 5.77. The van der Waals surface area contributed by atoms with E-state index < -0.39 is 16.5 Å². The van der Waals surface area contributed by atoms with Crippen LogP contribution in [0.25, 0.3) is 0 Å².